The Morgan fingerprint density at radius 2 is 1.83 bits per heavy atom. The van der Waals surface area contributed by atoms with Crippen molar-refractivity contribution in [1.29, 1.82) is 0 Å². The molecule has 2 N–H and O–H groups in total. The molecule has 20 heteroatoms. The number of esters is 1. The topological polar surface area (TPSA) is 190 Å². The minimum Gasteiger partial charge on any atom is -0.755 e. The summed E-state index contributed by atoms with van der Waals surface area (Å²) in [5, 5.41) is 1.30. The van der Waals surface area contributed by atoms with Gasteiger partial charge in [0, 0.05) is 48.9 Å². The van der Waals surface area contributed by atoms with Gasteiger partial charge in [-0.25, -0.2) is 19.6 Å². The number of nitrogen functional groups attached to an aromatic ring is 1. The van der Waals surface area contributed by atoms with Gasteiger partial charge in [-0.1, -0.05) is 17.8 Å². The van der Waals surface area contributed by atoms with Crippen LogP contribution in [0.1, 0.15) is 56.9 Å². The van der Waals surface area contributed by atoms with Crippen LogP contribution >= 0.6 is 11.3 Å². The fourth-order valence-corrected chi connectivity index (χ4v) is 8.54. The average molecular weight is 770 g/mol. The monoisotopic (exact) mass is 769 g/mol. The quantitative estimate of drug-likeness (QED) is 0.153. The molecule has 3 fully saturated rings. The Morgan fingerprint density at radius 3 is 2.54 bits per heavy atom. The molecular weight excluding hydrogens is 734 g/mol. The summed E-state index contributed by atoms with van der Waals surface area (Å²) in [6, 6.07) is 0.949. The molecule has 1 aromatic carbocycles. The van der Waals surface area contributed by atoms with E-state index in [1.807, 2.05) is 4.90 Å². The number of amides is 1. The number of carbonyl (C=O) groups excluding carboxylic acids is 3. The molecule has 0 spiro atoms. The second-order valence-electron chi connectivity index (χ2n) is 12.6. The molecule has 2 aromatic heterocycles. The Morgan fingerprint density at radius 1 is 1.08 bits per heavy atom. The summed E-state index contributed by atoms with van der Waals surface area (Å²) in [6.45, 7) is 0.439. The minimum atomic E-state index is -5.14. The number of nitrogens with zero attached hydrogens (tertiary/aromatic N) is 5. The predicted molar refractivity (Wildman–Crippen MR) is 181 cm³/mol. The summed E-state index contributed by atoms with van der Waals surface area (Å²) in [5.74, 6) is -2.69. The van der Waals surface area contributed by atoms with E-state index in [4.69, 9.17) is 19.9 Å². The number of fused-ring (bicyclic) bond motifs is 1. The highest BCUT2D eigenvalue weighted by molar-refractivity contribution is 7.81. The second-order valence-corrected chi connectivity index (χ2v) is 14.4. The first-order valence-corrected chi connectivity index (χ1v) is 18.6. The third-order valence-electron chi connectivity index (χ3n) is 9.19. The molecule has 52 heavy (non-hydrogen) atoms. The molecule has 1 saturated carbocycles. The number of hydrogen-bond acceptors (Lipinski definition) is 14. The van der Waals surface area contributed by atoms with Gasteiger partial charge in [-0.2, -0.15) is 0 Å². The molecule has 0 radical (unpaired) electrons. The molecule has 0 bridgehead atoms. The highest BCUT2D eigenvalue weighted by atomic mass is 32.2. The zero-order valence-corrected chi connectivity index (χ0v) is 29.4. The number of rotatable bonds is 12. The molecule has 6 rings (SSSR count). The minimum absolute atomic E-state index is 0.0659. The Hall–Kier alpha value is -4.43. The first-order chi connectivity index (χ1) is 24.9. The lowest BCUT2D eigenvalue weighted by atomic mass is 9.98. The van der Waals surface area contributed by atoms with Gasteiger partial charge >= 0.3 is 18.5 Å². The normalized spacial score (nSPS) is 19.5. The fraction of sp³-hybridized carbons (Fsp3) is 0.531. The number of halogens is 3. The number of ether oxygens (including phenoxy) is 4. The third kappa shape index (κ3) is 8.77. The summed E-state index contributed by atoms with van der Waals surface area (Å²) in [5.41, 5.74) is 5.76. The maximum atomic E-state index is 14.0. The van der Waals surface area contributed by atoms with E-state index >= 15 is 0 Å². The van der Waals surface area contributed by atoms with Crippen LogP contribution in [0.3, 0.4) is 0 Å². The molecule has 1 unspecified atom stereocenters. The molecule has 2 aliphatic heterocycles. The van der Waals surface area contributed by atoms with E-state index in [1.165, 1.54) is 24.5 Å². The van der Waals surface area contributed by atoms with Crippen LogP contribution in [0.5, 0.6) is 5.75 Å². The van der Waals surface area contributed by atoms with Crippen LogP contribution in [-0.2, 0) is 41.5 Å². The molecule has 3 aromatic rings. The van der Waals surface area contributed by atoms with Crippen LogP contribution in [0, 0.1) is 0 Å². The molecule has 4 heterocycles. The van der Waals surface area contributed by atoms with Crippen molar-refractivity contribution in [1.82, 2.24) is 14.9 Å². The van der Waals surface area contributed by atoms with Crippen molar-refractivity contribution in [3.63, 3.8) is 0 Å². The molecular formula is C32H36F3N6O9S2-. The lowest BCUT2D eigenvalue weighted by Gasteiger charge is -2.31. The molecule has 1 aliphatic carbocycles. The second kappa shape index (κ2) is 16.1. The van der Waals surface area contributed by atoms with Gasteiger partial charge in [0.25, 0.3) is 0 Å². The van der Waals surface area contributed by atoms with Gasteiger partial charge in [0.2, 0.25) is 12.7 Å². The first kappa shape index (κ1) is 37.3. The molecule has 15 nitrogen and oxygen atoms in total. The number of carbonyl (C=O) groups is 3. The molecule has 1 amide bonds. The van der Waals surface area contributed by atoms with Gasteiger partial charge < -0.3 is 39.0 Å². The molecule has 282 valence electrons. The Balaban J connectivity index is 1.26. The number of likely N-dealkylation sites (tertiary alicyclic amines) is 1. The van der Waals surface area contributed by atoms with E-state index < -0.39 is 66.7 Å². The SMILES string of the molecule is Nc1nccc2cc(C[C@H](C(=O)OCOC(=O)OC3CCCCC3)N3CC[C@H](N(c4cnc(N5CCCC5)s4)S(=O)[O-])C3=O)c(OC(F)(F)F)cc12. The van der Waals surface area contributed by atoms with Gasteiger partial charge in [-0.15, -0.1) is 13.2 Å². The Kier molecular flexibility index (Phi) is 11.5. The molecule has 3 atom stereocenters. The Bertz CT molecular complexity index is 1800. The van der Waals surface area contributed by atoms with Crippen molar-refractivity contribution < 1.29 is 55.3 Å². The van der Waals surface area contributed by atoms with Crippen molar-refractivity contribution >= 4 is 67.4 Å². The fourth-order valence-electron chi connectivity index (χ4n) is 6.72. The van der Waals surface area contributed by atoms with Crippen molar-refractivity contribution in [2.75, 3.05) is 41.4 Å². The summed E-state index contributed by atoms with van der Waals surface area (Å²) >= 11 is -1.84. The summed E-state index contributed by atoms with van der Waals surface area (Å²) in [6.07, 6.45) is 1.57. The largest absolute Gasteiger partial charge is 0.755 e. The van der Waals surface area contributed by atoms with Crippen LogP contribution in [0.2, 0.25) is 0 Å². The summed E-state index contributed by atoms with van der Waals surface area (Å²) in [4.78, 5) is 51.3. The van der Waals surface area contributed by atoms with Crippen LogP contribution in [0.25, 0.3) is 10.8 Å². The van der Waals surface area contributed by atoms with Gasteiger partial charge in [-0.05, 0) is 74.1 Å². The van der Waals surface area contributed by atoms with Crippen LogP contribution in [0.4, 0.5) is 33.9 Å². The predicted octanol–water partition coefficient (Wildman–Crippen LogP) is 4.57. The average Bonchev–Trinajstić information content (AvgIpc) is 3.87. The van der Waals surface area contributed by atoms with E-state index in [-0.39, 0.29) is 40.8 Å². The number of aromatic nitrogens is 2. The van der Waals surface area contributed by atoms with Gasteiger partial charge in [0.15, 0.2) is 5.13 Å². The zero-order chi connectivity index (χ0) is 37.0. The number of anilines is 3. The van der Waals surface area contributed by atoms with Crippen LogP contribution < -0.4 is 19.7 Å². The lowest BCUT2D eigenvalue weighted by molar-refractivity contribution is -0.274. The Labute approximate surface area is 302 Å². The highest BCUT2D eigenvalue weighted by Crippen LogP contribution is 2.37. The van der Waals surface area contributed by atoms with E-state index in [2.05, 4.69) is 14.7 Å². The zero-order valence-electron chi connectivity index (χ0n) is 27.7. The van der Waals surface area contributed by atoms with Crippen molar-refractivity contribution in [2.45, 2.75) is 82.3 Å². The first-order valence-electron chi connectivity index (χ1n) is 16.7. The van der Waals surface area contributed by atoms with Crippen LogP contribution in [0.15, 0.2) is 30.6 Å². The third-order valence-corrected chi connectivity index (χ3v) is 11.1. The van der Waals surface area contributed by atoms with Gasteiger partial charge in [0.05, 0.1) is 6.20 Å². The van der Waals surface area contributed by atoms with Gasteiger partial charge in [-0.3, -0.25) is 13.3 Å². The smallest absolute Gasteiger partial charge is 0.573 e. The van der Waals surface area contributed by atoms with E-state index in [1.54, 1.807) is 0 Å². The maximum Gasteiger partial charge on any atom is 0.573 e. The van der Waals surface area contributed by atoms with E-state index in [9.17, 15) is 36.3 Å². The van der Waals surface area contributed by atoms with Crippen molar-refractivity contribution in [3.8, 4) is 5.75 Å². The standard InChI is InChI=1S/C32H37F3N6O9S2/c33-32(34,35)50-25-16-22-19(8-10-37-27(22)36)14-20(25)15-24(29(43)47-18-48-31(44)49-21-6-2-1-3-7-21)40-13-9-23(28(40)42)41(52(45)46)26-17-38-30(51-26)39-11-4-5-12-39/h8,10,14,16-17,21,23-24H,1-7,9,11-13,15,18H2,(H2,36,37)(H,45,46)/p-1/t23-,24+/m0/s1. The molecule has 2 saturated heterocycles. The van der Waals surface area contributed by atoms with E-state index in [0.29, 0.717) is 23.4 Å². The number of nitrogens with two attached hydrogens (primary N) is 1. The number of pyridine rings is 1. The van der Waals surface area contributed by atoms with Crippen LogP contribution in [-0.4, -0.2) is 92.6 Å². The lowest BCUT2D eigenvalue weighted by Crippen LogP contribution is -2.49. The van der Waals surface area contributed by atoms with E-state index in [0.717, 1.165) is 71.8 Å². The highest BCUT2D eigenvalue weighted by Gasteiger charge is 2.44. The number of thiazole rings is 1. The number of benzene rings is 1. The van der Waals surface area contributed by atoms with Crippen molar-refractivity contribution in [2.24, 2.45) is 0 Å². The summed E-state index contributed by atoms with van der Waals surface area (Å²) < 4.78 is 86.6. The number of alkyl halides is 3. The maximum absolute atomic E-state index is 14.0. The summed E-state index contributed by atoms with van der Waals surface area (Å²) in [7, 11) is 0. The van der Waals surface area contributed by atoms with Gasteiger partial charge in [0.1, 0.15) is 34.8 Å². The number of hydrogen-bond donors (Lipinski definition) is 1. The molecule has 3 aliphatic rings. The van der Waals surface area contributed by atoms with Crippen molar-refractivity contribution in [3.05, 3.63) is 36.2 Å².